The number of benzene rings is 1. The number of hydrogen-bond acceptors (Lipinski definition) is 1. The van der Waals surface area contributed by atoms with Gasteiger partial charge in [0, 0.05) is 6.20 Å². The summed E-state index contributed by atoms with van der Waals surface area (Å²) in [6.45, 7) is 13.1. The lowest BCUT2D eigenvalue weighted by Gasteiger charge is -2.11. The second-order valence-corrected chi connectivity index (χ2v) is 5.97. The van der Waals surface area contributed by atoms with Crippen molar-refractivity contribution in [2.24, 2.45) is 0 Å². The molecule has 1 aromatic heterocycles. The van der Waals surface area contributed by atoms with Crippen LogP contribution in [0, 0.1) is 13.8 Å². The normalized spacial score (nSPS) is 11.6. The van der Waals surface area contributed by atoms with E-state index in [1.165, 1.54) is 22.4 Å². The molecule has 102 valence electrons. The van der Waals surface area contributed by atoms with Crippen molar-refractivity contribution in [1.82, 2.24) is 9.78 Å². The molecule has 0 saturated carbocycles. The van der Waals surface area contributed by atoms with Gasteiger partial charge < -0.3 is 0 Å². The molecule has 0 amide bonds. The summed E-state index contributed by atoms with van der Waals surface area (Å²) in [5, 5.41) is 4.65. The summed E-state index contributed by atoms with van der Waals surface area (Å²) >= 11 is 0. The molecule has 0 aliphatic heterocycles. The molecule has 2 aromatic rings. The van der Waals surface area contributed by atoms with Gasteiger partial charge in [-0.1, -0.05) is 39.8 Å². The van der Waals surface area contributed by atoms with Crippen LogP contribution in [-0.4, -0.2) is 9.78 Å². The van der Waals surface area contributed by atoms with E-state index in [0.29, 0.717) is 11.8 Å². The Morgan fingerprint density at radius 1 is 1.00 bits per heavy atom. The van der Waals surface area contributed by atoms with E-state index in [2.05, 4.69) is 71.0 Å². The smallest absolute Gasteiger partial charge is 0.0675 e. The Hall–Kier alpha value is -1.57. The molecule has 19 heavy (non-hydrogen) atoms. The van der Waals surface area contributed by atoms with Gasteiger partial charge in [-0.05, 0) is 48.4 Å². The van der Waals surface area contributed by atoms with E-state index < -0.39 is 0 Å². The van der Waals surface area contributed by atoms with Crippen LogP contribution in [0.1, 0.15) is 61.9 Å². The number of aryl methyl sites for hydroxylation is 2. The van der Waals surface area contributed by atoms with Crippen molar-refractivity contribution >= 4 is 0 Å². The summed E-state index contributed by atoms with van der Waals surface area (Å²) in [6.07, 6.45) is 2.16. The van der Waals surface area contributed by atoms with Crippen molar-refractivity contribution in [3.05, 3.63) is 46.8 Å². The fourth-order valence-electron chi connectivity index (χ4n) is 2.46. The SMILES string of the molecule is Cc1cc(C(C)C)ccc1-n1cc(C(C)C)c(C)n1. The summed E-state index contributed by atoms with van der Waals surface area (Å²) in [7, 11) is 0. The largest absolute Gasteiger partial charge is 0.240 e. The van der Waals surface area contributed by atoms with Crippen molar-refractivity contribution in [3.63, 3.8) is 0 Å². The average molecular weight is 256 g/mol. The average Bonchev–Trinajstić information content (AvgIpc) is 2.71. The lowest BCUT2D eigenvalue weighted by atomic mass is 10.0. The van der Waals surface area contributed by atoms with Crippen LogP contribution in [0.4, 0.5) is 0 Å². The maximum atomic E-state index is 4.65. The third-order valence-corrected chi connectivity index (χ3v) is 3.69. The Bertz CT molecular complexity index is 577. The highest BCUT2D eigenvalue weighted by Gasteiger charge is 2.11. The zero-order valence-corrected chi connectivity index (χ0v) is 12.9. The van der Waals surface area contributed by atoms with Gasteiger partial charge in [-0.3, -0.25) is 0 Å². The molecule has 0 aliphatic carbocycles. The lowest BCUT2D eigenvalue weighted by molar-refractivity contribution is 0.839. The highest BCUT2D eigenvalue weighted by molar-refractivity contribution is 5.44. The van der Waals surface area contributed by atoms with Crippen LogP contribution in [0.5, 0.6) is 0 Å². The van der Waals surface area contributed by atoms with Crippen LogP contribution in [0.15, 0.2) is 24.4 Å². The van der Waals surface area contributed by atoms with E-state index in [-0.39, 0.29) is 0 Å². The third kappa shape index (κ3) is 2.73. The predicted octanol–water partition coefficient (Wildman–Crippen LogP) is 4.74. The van der Waals surface area contributed by atoms with Crippen molar-refractivity contribution in [2.75, 3.05) is 0 Å². The first-order chi connectivity index (χ1) is 8.90. The summed E-state index contributed by atoms with van der Waals surface area (Å²) in [5.74, 6) is 1.09. The van der Waals surface area contributed by atoms with E-state index >= 15 is 0 Å². The van der Waals surface area contributed by atoms with Crippen LogP contribution in [0.3, 0.4) is 0 Å². The monoisotopic (exact) mass is 256 g/mol. The molecule has 2 nitrogen and oxygen atoms in total. The quantitative estimate of drug-likeness (QED) is 0.776. The first-order valence-electron chi connectivity index (χ1n) is 7.07. The van der Waals surface area contributed by atoms with Gasteiger partial charge >= 0.3 is 0 Å². The summed E-state index contributed by atoms with van der Waals surface area (Å²) < 4.78 is 2.02. The second kappa shape index (κ2) is 5.20. The Morgan fingerprint density at radius 2 is 1.68 bits per heavy atom. The standard InChI is InChI=1S/C17H24N2/c1-11(2)15-7-8-17(13(5)9-15)19-10-16(12(3)4)14(6)18-19/h7-12H,1-6H3. The highest BCUT2D eigenvalue weighted by atomic mass is 15.3. The third-order valence-electron chi connectivity index (χ3n) is 3.69. The molecule has 0 aliphatic rings. The lowest BCUT2D eigenvalue weighted by Crippen LogP contribution is -1.99. The zero-order valence-electron chi connectivity index (χ0n) is 12.9. The van der Waals surface area contributed by atoms with Gasteiger partial charge in [-0.2, -0.15) is 5.10 Å². The molecule has 0 saturated heterocycles. The molecule has 2 heteroatoms. The Labute approximate surface area is 116 Å². The molecule has 0 atom stereocenters. The van der Waals surface area contributed by atoms with Gasteiger partial charge in [0.2, 0.25) is 0 Å². The van der Waals surface area contributed by atoms with Crippen LogP contribution in [0.2, 0.25) is 0 Å². The van der Waals surface area contributed by atoms with Gasteiger partial charge in [0.05, 0.1) is 11.4 Å². The molecule has 0 spiro atoms. The van der Waals surface area contributed by atoms with E-state index in [9.17, 15) is 0 Å². The summed E-state index contributed by atoms with van der Waals surface area (Å²) in [4.78, 5) is 0. The summed E-state index contributed by atoms with van der Waals surface area (Å²) in [6, 6.07) is 6.66. The first-order valence-corrected chi connectivity index (χ1v) is 7.07. The van der Waals surface area contributed by atoms with Gasteiger partial charge in [0.1, 0.15) is 0 Å². The van der Waals surface area contributed by atoms with E-state index in [4.69, 9.17) is 0 Å². The maximum absolute atomic E-state index is 4.65. The van der Waals surface area contributed by atoms with Gasteiger partial charge in [-0.15, -0.1) is 0 Å². The molecule has 2 rings (SSSR count). The fourth-order valence-corrected chi connectivity index (χ4v) is 2.46. The molecule has 0 radical (unpaired) electrons. The van der Waals surface area contributed by atoms with Gasteiger partial charge in [0.15, 0.2) is 0 Å². The molecule has 1 heterocycles. The van der Waals surface area contributed by atoms with Crippen LogP contribution < -0.4 is 0 Å². The molecular formula is C17H24N2. The van der Waals surface area contributed by atoms with Crippen LogP contribution in [-0.2, 0) is 0 Å². The molecule has 0 unspecified atom stereocenters. The first kappa shape index (κ1) is 13.9. The van der Waals surface area contributed by atoms with Gasteiger partial charge in [0.25, 0.3) is 0 Å². The molecule has 1 aromatic carbocycles. The predicted molar refractivity (Wildman–Crippen MR) is 81.2 cm³/mol. The summed E-state index contributed by atoms with van der Waals surface area (Å²) in [5.41, 5.74) is 6.30. The zero-order chi connectivity index (χ0) is 14.2. The van der Waals surface area contributed by atoms with Crippen molar-refractivity contribution in [2.45, 2.75) is 53.4 Å². The minimum atomic E-state index is 0.518. The number of hydrogen-bond donors (Lipinski definition) is 0. The number of nitrogens with zero attached hydrogens (tertiary/aromatic N) is 2. The Kier molecular flexibility index (Phi) is 3.79. The minimum Gasteiger partial charge on any atom is -0.240 e. The number of rotatable bonds is 3. The fraction of sp³-hybridized carbons (Fsp3) is 0.471. The molecule has 0 N–H and O–H groups in total. The highest BCUT2D eigenvalue weighted by Crippen LogP contribution is 2.24. The molecule has 0 bridgehead atoms. The Morgan fingerprint density at radius 3 is 2.16 bits per heavy atom. The molecule has 0 fully saturated rings. The van der Waals surface area contributed by atoms with Crippen LogP contribution in [0.25, 0.3) is 5.69 Å². The number of aromatic nitrogens is 2. The second-order valence-electron chi connectivity index (χ2n) is 5.97. The van der Waals surface area contributed by atoms with Crippen molar-refractivity contribution < 1.29 is 0 Å². The maximum Gasteiger partial charge on any atom is 0.0675 e. The van der Waals surface area contributed by atoms with Crippen LogP contribution >= 0.6 is 0 Å². The van der Waals surface area contributed by atoms with E-state index in [1.54, 1.807) is 0 Å². The van der Waals surface area contributed by atoms with Crippen molar-refractivity contribution in [1.29, 1.82) is 0 Å². The minimum absolute atomic E-state index is 0.518. The Balaban J connectivity index is 2.45. The van der Waals surface area contributed by atoms with Crippen molar-refractivity contribution in [3.8, 4) is 5.69 Å². The molecular weight excluding hydrogens is 232 g/mol. The van der Waals surface area contributed by atoms with E-state index in [1.807, 2.05) is 4.68 Å². The topological polar surface area (TPSA) is 17.8 Å². The van der Waals surface area contributed by atoms with E-state index in [0.717, 1.165) is 5.69 Å². The van der Waals surface area contributed by atoms with Gasteiger partial charge in [-0.25, -0.2) is 4.68 Å².